The van der Waals surface area contributed by atoms with Crippen LogP contribution in [0.2, 0.25) is 5.02 Å². The maximum atomic E-state index is 12.7. The highest BCUT2D eigenvalue weighted by atomic mass is 35.5. The van der Waals surface area contributed by atoms with E-state index >= 15 is 0 Å². The molecule has 1 fully saturated rings. The number of hydrogen-bond acceptors (Lipinski definition) is 4. The fraction of sp³-hybridized carbons (Fsp3) is 0.318. The number of urea groups is 1. The van der Waals surface area contributed by atoms with Gasteiger partial charge in [-0.05, 0) is 30.9 Å². The van der Waals surface area contributed by atoms with Gasteiger partial charge in [0, 0.05) is 42.2 Å². The van der Waals surface area contributed by atoms with Crippen molar-refractivity contribution in [1.29, 1.82) is 0 Å². The van der Waals surface area contributed by atoms with Gasteiger partial charge in [0.15, 0.2) is 5.66 Å². The number of rotatable bonds is 2. The van der Waals surface area contributed by atoms with Crippen LogP contribution >= 0.6 is 23.4 Å². The molecule has 0 aliphatic carbocycles. The van der Waals surface area contributed by atoms with Crippen molar-refractivity contribution in [2.24, 2.45) is 9.98 Å². The minimum Gasteiger partial charge on any atom is -0.324 e. The molecule has 1 saturated heterocycles. The lowest BCUT2D eigenvalue weighted by Crippen LogP contribution is -2.46. The van der Waals surface area contributed by atoms with Crippen molar-refractivity contribution in [3.63, 3.8) is 0 Å². The third kappa shape index (κ3) is 4.19. The van der Waals surface area contributed by atoms with Gasteiger partial charge in [-0.25, -0.2) is 9.79 Å². The summed E-state index contributed by atoms with van der Waals surface area (Å²) in [6.45, 7) is 3.18. The third-order valence-electron chi connectivity index (χ3n) is 5.37. The summed E-state index contributed by atoms with van der Waals surface area (Å²) in [7, 11) is 0. The molecule has 2 aromatic carbocycles. The van der Waals surface area contributed by atoms with E-state index in [0.29, 0.717) is 18.1 Å². The summed E-state index contributed by atoms with van der Waals surface area (Å²) < 4.78 is 0. The molecule has 2 aliphatic rings. The number of likely N-dealkylation sites (tertiary alicyclic amines) is 1. The fourth-order valence-electron chi connectivity index (χ4n) is 3.66. The number of carbonyl (C=O) groups is 1. The molecule has 0 atom stereocenters. The summed E-state index contributed by atoms with van der Waals surface area (Å²) in [4.78, 5) is 24.5. The molecule has 0 aromatic heterocycles. The Labute approximate surface area is 180 Å². The van der Waals surface area contributed by atoms with Gasteiger partial charge in [-0.15, -0.1) is 11.8 Å². The van der Waals surface area contributed by atoms with Crippen molar-refractivity contribution in [2.45, 2.75) is 25.4 Å². The van der Waals surface area contributed by atoms with E-state index in [-0.39, 0.29) is 6.03 Å². The molecule has 2 amide bonds. The van der Waals surface area contributed by atoms with Gasteiger partial charge in [-0.3, -0.25) is 4.99 Å². The summed E-state index contributed by atoms with van der Waals surface area (Å²) in [5, 5.41) is 4.56. The minimum absolute atomic E-state index is 0.107. The van der Waals surface area contributed by atoms with E-state index in [1.165, 1.54) is 0 Å². The molecule has 0 radical (unpaired) electrons. The number of nitrogens with one attached hydrogen (secondary N) is 1. The SMILES string of the molecule is CSC1=NC2(CCN(C(=O)Nc3cc(Cl)ccc3C)CC2)N=C1c1ccccc1. The maximum absolute atomic E-state index is 12.7. The van der Waals surface area contributed by atoms with Crippen molar-refractivity contribution in [2.75, 3.05) is 24.7 Å². The molecule has 150 valence electrons. The van der Waals surface area contributed by atoms with Gasteiger partial charge in [0.2, 0.25) is 0 Å². The third-order valence-corrected chi connectivity index (χ3v) is 6.27. The van der Waals surface area contributed by atoms with E-state index in [1.54, 1.807) is 17.8 Å². The average molecular weight is 427 g/mol. The number of anilines is 1. The highest BCUT2D eigenvalue weighted by Gasteiger charge is 2.40. The molecule has 2 aromatic rings. The molecular formula is C22H23ClN4OS. The highest BCUT2D eigenvalue weighted by Crippen LogP contribution is 2.35. The molecule has 7 heteroatoms. The van der Waals surface area contributed by atoms with Gasteiger partial charge in [-0.1, -0.05) is 48.0 Å². The summed E-state index contributed by atoms with van der Waals surface area (Å²) in [6, 6.07) is 15.6. The first kappa shape index (κ1) is 20.0. The van der Waals surface area contributed by atoms with Gasteiger partial charge >= 0.3 is 6.03 Å². The van der Waals surface area contributed by atoms with Crippen LogP contribution in [-0.2, 0) is 0 Å². The van der Waals surface area contributed by atoms with Crippen molar-refractivity contribution in [1.82, 2.24) is 4.90 Å². The van der Waals surface area contributed by atoms with E-state index in [9.17, 15) is 4.79 Å². The van der Waals surface area contributed by atoms with Gasteiger partial charge in [0.25, 0.3) is 0 Å². The first-order valence-electron chi connectivity index (χ1n) is 9.61. The Bertz CT molecular complexity index is 982. The van der Waals surface area contributed by atoms with E-state index < -0.39 is 5.66 Å². The van der Waals surface area contributed by atoms with Crippen molar-refractivity contribution in [3.05, 3.63) is 64.7 Å². The van der Waals surface area contributed by atoms with E-state index in [4.69, 9.17) is 21.6 Å². The highest BCUT2D eigenvalue weighted by molar-refractivity contribution is 8.15. The second kappa shape index (κ2) is 8.20. The van der Waals surface area contributed by atoms with Crippen LogP contribution in [0.5, 0.6) is 0 Å². The lowest BCUT2D eigenvalue weighted by Gasteiger charge is -2.35. The Morgan fingerprint density at radius 3 is 2.55 bits per heavy atom. The lowest BCUT2D eigenvalue weighted by atomic mass is 9.98. The first-order valence-corrected chi connectivity index (χ1v) is 11.2. The molecule has 1 N–H and O–H groups in total. The Balaban J connectivity index is 1.46. The predicted molar refractivity (Wildman–Crippen MR) is 123 cm³/mol. The molecule has 4 rings (SSSR count). The van der Waals surface area contributed by atoms with Crippen LogP contribution in [0.1, 0.15) is 24.0 Å². The van der Waals surface area contributed by atoms with Crippen LogP contribution in [0, 0.1) is 6.92 Å². The van der Waals surface area contributed by atoms with Crippen molar-refractivity contribution < 1.29 is 4.79 Å². The maximum Gasteiger partial charge on any atom is 0.321 e. The Hall–Kier alpha value is -2.31. The normalized spacial score (nSPS) is 17.8. The quantitative estimate of drug-likeness (QED) is 0.714. The molecule has 2 heterocycles. The lowest BCUT2D eigenvalue weighted by molar-refractivity contribution is 0.175. The number of halogens is 1. The molecule has 1 spiro atoms. The van der Waals surface area contributed by atoms with Crippen LogP contribution in [0.3, 0.4) is 0 Å². The number of carbonyl (C=O) groups excluding carboxylic acids is 1. The van der Waals surface area contributed by atoms with Crippen LogP contribution in [-0.4, -0.2) is 46.7 Å². The zero-order chi connectivity index (χ0) is 20.4. The summed E-state index contributed by atoms with van der Waals surface area (Å²) in [5.74, 6) is 0. The number of thioether (sulfide) groups is 1. The van der Waals surface area contributed by atoms with Gasteiger partial charge in [0.1, 0.15) is 5.04 Å². The van der Waals surface area contributed by atoms with Crippen LogP contribution < -0.4 is 5.32 Å². The zero-order valence-electron chi connectivity index (χ0n) is 16.5. The molecule has 0 saturated carbocycles. The number of aliphatic imine (C=N–C) groups is 2. The Morgan fingerprint density at radius 1 is 1.14 bits per heavy atom. The summed E-state index contributed by atoms with van der Waals surface area (Å²) in [6.07, 6.45) is 3.47. The van der Waals surface area contributed by atoms with Crippen LogP contribution in [0.25, 0.3) is 0 Å². The Kier molecular flexibility index (Phi) is 5.65. The Morgan fingerprint density at radius 2 is 1.86 bits per heavy atom. The van der Waals surface area contributed by atoms with E-state index in [1.807, 2.05) is 48.4 Å². The smallest absolute Gasteiger partial charge is 0.321 e. The van der Waals surface area contributed by atoms with Gasteiger partial charge in [-0.2, -0.15) is 0 Å². The van der Waals surface area contributed by atoms with Crippen molar-refractivity contribution >= 4 is 45.8 Å². The molecule has 5 nitrogen and oxygen atoms in total. The largest absolute Gasteiger partial charge is 0.324 e. The van der Waals surface area contributed by atoms with Gasteiger partial charge < -0.3 is 10.2 Å². The van der Waals surface area contributed by atoms with E-state index in [0.717, 1.165) is 40.4 Å². The van der Waals surface area contributed by atoms with Crippen LogP contribution in [0.4, 0.5) is 10.5 Å². The number of nitrogens with zero attached hydrogens (tertiary/aromatic N) is 3. The molecular weight excluding hydrogens is 404 g/mol. The molecule has 0 unspecified atom stereocenters. The van der Waals surface area contributed by atoms with Gasteiger partial charge in [0.05, 0.1) is 5.71 Å². The molecule has 0 bridgehead atoms. The molecule has 29 heavy (non-hydrogen) atoms. The first-order chi connectivity index (χ1) is 14.0. The average Bonchev–Trinajstić information content (AvgIpc) is 3.10. The number of amides is 2. The van der Waals surface area contributed by atoms with E-state index in [2.05, 4.69) is 17.4 Å². The second-order valence-electron chi connectivity index (χ2n) is 7.31. The number of piperidine rings is 1. The monoisotopic (exact) mass is 426 g/mol. The fourth-order valence-corrected chi connectivity index (χ4v) is 4.45. The standard InChI is InChI=1S/C22H23ClN4OS/c1-15-8-9-17(23)14-18(15)24-21(28)27-12-10-22(11-13-27)25-19(20(26-22)29-2)16-6-4-3-5-7-16/h3-9,14H,10-13H2,1-2H3,(H,24,28). The predicted octanol–water partition coefficient (Wildman–Crippen LogP) is 5.24. The molecule has 2 aliphatic heterocycles. The summed E-state index contributed by atoms with van der Waals surface area (Å²) in [5.41, 5.74) is 3.33. The minimum atomic E-state index is -0.452. The van der Waals surface area contributed by atoms with Crippen LogP contribution in [0.15, 0.2) is 58.5 Å². The number of hydrogen-bond donors (Lipinski definition) is 1. The number of benzene rings is 2. The second-order valence-corrected chi connectivity index (χ2v) is 8.54. The topological polar surface area (TPSA) is 57.1 Å². The number of aryl methyl sites for hydroxylation is 1. The summed E-state index contributed by atoms with van der Waals surface area (Å²) >= 11 is 7.69. The zero-order valence-corrected chi connectivity index (χ0v) is 18.1. The van der Waals surface area contributed by atoms with Crippen molar-refractivity contribution in [3.8, 4) is 0 Å².